The average Bonchev–Trinajstić information content (AvgIpc) is 2.52. The van der Waals surface area contributed by atoms with Gasteiger partial charge in [0, 0.05) is 12.2 Å². The van der Waals surface area contributed by atoms with Crippen LogP contribution in [0.1, 0.15) is 10.4 Å². The maximum atomic E-state index is 13.4. The highest BCUT2D eigenvalue weighted by Gasteiger charge is 2.20. The summed E-state index contributed by atoms with van der Waals surface area (Å²) < 4.78 is 18.6. The summed E-state index contributed by atoms with van der Waals surface area (Å²) in [7, 11) is 1.45. The van der Waals surface area contributed by atoms with E-state index in [0.29, 0.717) is 18.0 Å². The van der Waals surface area contributed by atoms with Gasteiger partial charge in [0.2, 0.25) is 0 Å². The van der Waals surface area contributed by atoms with Crippen LogP contribution in [0, 0.1) is 5.82 Å². The molecule has 21 heavy (non-hydrogen) atoms. The molecule has 3 nitrogen and oxygen atoms in total. The summed E-state index contributed by atoms with van der Waals surface area (Å²) >= 11 is 0. The number of hydrogen-bond acceptors (Lipinski definition) is 2. The number of ether oxygens (including phenoxy) is 1. The lowest BCUT2D eigenvalue weighted by Crippen LogP contribution is -2.31. The quantitative estimate of drug-likeness (QED) is 0.784. The third-order valence-electron chi connectivity index (χ3n) is 3.02. The van der Waals surface area contributed by atoms with Gasteiger partial charge in [-0.2, -0.15) is 0 Å². The first kappa shape index (κ1) is 14.8. The van der Waals surface area contributed by atoms with Crippen molar-refractivity contribution in [2.45, 2.75) is 0 Å². The molecule has 2 rings (SSSR count). The van der Waals surface area contributed by atoms with Crippen molar-refractivity contribution in [3.63, 3.8) is 0 Å². The molecule has 0 aliphatic carbocycles. The normalized spacial score (nSPS) is 10.0. The molecule has 0 spiro atoms. The molecular formula is C17H16FNO2. The van der Waals surface area contributed by atoms with E-state index in [-0.39, 0.29) is 11.5 Å². The predicted octanol–water partition coefficient (Wildman–Crippen LogP) is 3.67. The lowest BCUT2D eigenvalue weighted by molar-refractivity contribution is 0.0986. The Labute approximate surface area is 123 Å². The molecule has 0 saturated carbocycles. The molecule has 0 heterocycles. The third-order valence-corrected chi connectivity index (χ3v) is 3.02. The molecule has 1 amide bonds. The third kappa shape index (κ3) is 3.28. The Morgan fingerprint density at radius 3 is 2.62 bits per heavy atom. The molecule has 0 aliphatic rings. The van der Waals surface area contributed by atoms with E-state index in [1.807, 2.05) is 30.3 Å². The summed E-state index contributed by atoms with van der Waals surface area (Å²) in [4.78, 5) is 14.2. The van der Waals surface area contributed by atoms with Crippen LogP contribution in [0.25, 0.3) is 0 Å². The fraction of sp³-hybridized carbons (Fsp3) is 0.118. The fourth-order valence-corrected chi connectivity index (χ4v) is 2.04. The largest absolute Gasteiger partial charge is 0.496 e. The van der Waals surface area contributed by atoms with Crippen molar-refractivity contribution in [2.24, 2.45) is 0 Å². The number of para-hydroxylation sites is 1. The van der Waals surface area contributed by atoms with Crippen molar-refractivity contribution >= 4 is 11.6 Å². The first-order chi connectivity index (χ1) is 10.2. The molecule has 0 N–H and O–H groups in total. The Bertz CT molecular complexity index is 640. The van der Waals surface area contributed by atoms with Crippen molar-refractivity contribution in [3.8, 4) is 5.75 Å². The van der Waals surface area contributed by atoms with Crippen LogP contribution >= 0.6 is 0 Å². The van der Waals surface area contributed by atoms with Gasteiger partial charge in [0.05, 0.1) is 12.7 Å². The van der Waals surface area contributed by atoms with Crippen molar-refractivity contribution < 1.29 is 13.9 Å². The van der Waals surface area contributed by atoms with Gasteiger partial charge in [-0.05, 0) is 30.3 Å². The van der Waals surface area contributed by atoms with Gasteiger partial charge in [-0.3, -0.25) is 4.79 Å². The molecule has 2 aromatic rings. The zero-order valence-electron chi connectivity index (χ0n) is 11.8. The minimum Gasteiger partial charge on any atom is -0.496 e. The highest BCUT2D eigenvalue weighted by molar-refractivity contribution is 6.08. The zero-order valence-corrected chi connectivity index (χ0v) is 11.8. The van der Waals surface area contributed by atoms with Crippen LogP contribution in [0.4, 0.5) is 10.1 Å². The first-order valence-corrected chi connectivity index (χ1v) is 6.48. The van der Waals surface area contributed by atoms with Crippen molar-refractivity contribution in [1.29, 1.82) is 0 Å². The second-order valence-corrected chi connectivity index (χ2v) is 4.38. The fourth-order valence-electron chi connectivity index (χ4n) is 2.04. The number of halogens is 1. The van der Waals surface area contributed by atoms with Crippen LogP contribution in [0.2, 0.25) is 0 Å². The number of amides is 1. The van der Waals surface area contributed by atoms with Crippen LogP contribution in [0.3, 0.4) is 0 Å². The van der Waals surface area contributed by atoms with E-state index in [0.717, 1.165) is 0 Å². The molecular weight excluding hydrogens is 269 g/mol. The summed E-state index contributed by atoms with van der Waals surface area (Å²) in [5.74, 6) is -0.477. The Hall–Kier alpha value is -2.62. The number of carbonyl (C=O) groups excluding carboxylic acids is 1. The Morgan fingerprint density at radius 1 is 1.29 bits per heavy atom. The number of nitrogens with zero attached hydrogens (tertiary/aromatic N) is 1. The van der Waals surface area contributed by atoms with E-state index < -0.39 is 5.82 Å². The molecule has 0 unspecified atom stereocenters. The molecule has 0 radical (unpaired) electrons. The lowest BCUT2D eigenvalue weighted by Gasteiger charge is -2.22. The standard InChI is InChI=1S/C17H16FNO2/c1-3-11-19(14-7-5-4-6-8-14)17(20)15-12-13(18)9-10-16(15)21-2/h3-10,12H,1,11H2,2H3. The van der Waals surface area contributed by atoms with Crippen molar-refractivity contribution in [2.75, 3.05) is 18.6 Å². The molecule has 4 heteroatoms. The maximum absolute atomic E-state index is 13.4. The Morgan fingerprint density at radius 2 is 2.00 bits per heavy atom. The number of anilines is 1. The monoisotopic (exact) mass is 285 g/mol. The molecule has 0 aromatic heterocycles. The minimum absolute atomic E-state index is 0.184. The number of methoxy groups -OCH3 is 1. The van der Waals surface area contributed by atoms with Gasteiger partial charge in [0.15, 0.2) is 0 Å². The van der Waals surface area contributed by atoms with Crippen LogP contribution in [-0.4, -0.2) is 19.6 Å². The first-order valence-electron chi connectivity index (χ1n) is 6.48. The summed E-state index contributed by atoms with van der Waals surface area (Å²) in [6.07, 6.45) is 1.62. The summed E-state index contributed by atoms with van der Waals surface area (Å²) in [6.45, 7) is 3.98. The molecule has 0 bridgehead atoms. The Kier molecular flexibility index (Phi) is 4.72. The molecule has 0 aliphatic heterocycles. The van der Waals surface area contributed by atoms with E-state index in [1.165, 1.54) is 30.2 Å². The van der Waals surface area contributed by atoms with Gasteiger partial charge in [-0.1, -0.05) is 24.3 Å². The van der Waals surface area contributed by atoms with E-state index in [2.05, 4.69) is 6.58 Å². The minimum atomic E-state index is -0.481. The van der Waals surface area contributed by atoms with Gasteiger partial charge in [0.1, 0.15) is 11.6 Å². The van der Waals surface area contributed by atoms with E-state index in [4.69, 9.17) is 4.74 Å². The maximum Gasteiger partial charge on any atom is 0.262 e. The molecule has 0 atom stereocenters. The van der Waals surface area contributed by atoms with Gasteiger partial charge >= 0.3 is 0 Å². The van der Waals surface area contributed by atoms with Crippen LogP contribution in [-0.2, 0) is 0 Å². The van der Waals surface area contributed by atoms with Crippen molar-refractivity contribution in [1.82, 2.24) is 0 Å². The highest BCUT2D eigenvalue weighted by atomic mass is 19.1. The van der Waals surface area contributed by atoms with Gasteiger partial charge in [0.25, 0.3) is 5.91 Å². The summed E-state index contributed by atoms with van der Waals surface area (Å²) in [5, 5.41) is 0. The smallest absolute Gasteiger partial charge is 0.262 e. The predicted molar refractivity (Wildman–Crippen MR) is 81.3 cm³/mol. The van der Waals surface area contributed by atoms with Crippen molar-refractivity contribution in [3.05, 3.63) is 72.6 Å². The second-order valence-electron chi connectivity index (χ2n) is 4.38. The van der Waals surface area contributed by atoms with Crippen LogP contribution in [0.15, 0.2) is 61.2 Å². The lowest BCUT2D eigenvalue weighted by atomic mass is 10.1. The topological polar surface area (TPSA) is 29.5 Å². The van der Waals surface area contributed by atoms with E-state index >= 15 is 0 Å². The van der Waals surface area contributed by atoms with Gasteiger partial charge < -0.3 is 9.64 Å². The number of rotatable bonds is 5. The summed E-state index contributed by atoms with van der Waals surface area (Å²) in [6, 6.07) is 13.0. The number of benzene rings is 2. The van der Waals surface area contributed by atoms with Crippen LogP contribution in [0.5, 0.6) is 5.75 Å². The number of hydrogen-bond donors (Lipinski definition) is 0. The Balaban J connectivity index is 2.44. The summed E-state index contributed by atoms with van der Waals surface area (Å²) in [5.41, 5.74) is 0.900. The van der Waals surface area contributed by atoms with Crippen LogP contribution < -0.4 is 9.64 Å². The molecule has 2 aromatic carbocycles. The SMILES string of the molecule is C=CCN(C(=O)c1cc(F)ccc1OC)c1ccccc1. The van der Waals surface area contributed by atoms with Gasteiger partial charge in [-0.25, -0.2) is 4.39 Å². The van der Waals surface area contributed by atoms with E-state index in [9.17, 15) is 9.18 Å². The van der Waals surface area contributed by atoms with E-state index in [1.54, 1.807) is 6.08 Å². The van der Waals surface area contributed by atoms with Gasteiger partial charge in [-0.15, -0.1) is 6.58 Å². The average molecular weight is 285 g/mol. The molecule has 0 saturated heterocycles. The highest BCUT2D eigenvalue weighted by Crippen LogP contribution is 2.24. The molecule has 108 valence electrons. The second kappa shape index (κ2) is 6.70. The molecule has 0 fully saturated rings. The number of carbonyl (C=O) groups is 1. The zero-order chi connectivity index (χ0) is 15.2.